The largest absolute Gasteiger partial charge is 0.394 e. The molecule has 0 bridgehead atoms. The third kappa shape index (κ3) is 2.84. The number of nitrogens with zero attached hydrogens (tertiary/aromatic N) is 2. The third-order valence-corrected chi connectivity index (χ3v) is 5.31. The number of hydrogen-bond acceptors (Lipinski definition) is 4. The van der Waals surface area contributed by atoms with Crippen LogP contribution in [-0.2, 0) is 14.8 Å². The maximum absolute atomic E-state index is 13.9. The van der Waals surface area contributed by atoms with E-state index in [2.05, 4.69) is 0 Å². The van der Waals surface area contributed by atoms with Crippen molar-refractivity contribution in [1.82, 2.24) is 9.21 Å². The SMILES string of the molecule is CC(=O)N1CCN(S(=O)(=O)c2ccc(F)c(N)c2F)CC1. The van der Waals surface area contributed by atoms with Crippen LogP contribution in [0.25, 0.3) is 0 Å². The van der Waals surface area contributed by atoms with E-state index in [4.69, 9.17) is 5.73 Å². The maximum atomic E-state index is 13.9. The van der Waals surface area contributed by atoms with Gasteiger partial charge >= 0.3 is 0 Å². The minimum Gasteiger partial charge on any atom is -0.394 e. The summed E-state index contributed by atoms with van der Waals surface area (Å²) in [5.74, 6) is -2.44. The summed E-state index contributed by atoms with van der Waals surface area (Å²) in [4.78, 5) is 12.0. The summed E-state index contributed by atoms with van der Waals surface area (Å²) in [6, 6.07) is 1.67. The highest BCUT2D eigenvalue weighted by Crippen LogP contribution is 2.26. The van der Waals surface area contributed by atoms with Crippen molar-refractivity contribution in [3.8, 4) is 0 Å². The molecule has 0 atom stereocenters. The highest BCUT2D eigenvalue weighted by atomic mass is 32.2. The van der Waals surface area contributed by atoms with Gasteiger partial charge in [-0.25, -0.2) is 17.2 Å². The fraction of sp³-hybridized carbons (Fsp3) is 0.417. The molecule has 1 aliphatic rings. The van der Waals surface area contributed by atoms with Crippen LogP contribution < -0.4 is 5.73 Å². The second kappa shape index (κ2) is 5.57. The molecule has 1 heterocycles. The van der Waals surface area contributed by atoms with Crippen molar-refractivity contribution in [3.63, 3.8) is 0 Å². The predicted molar refractivity (Wildman–Crippen MR) is 71.8 cm³/mol. The smallest absolute Gasteiger partial charge is 0.246 e. The Morgan fingerprint density at radius 2 is 1.76 bits per heavy atom. The molecule has 2 rings (SSSR count). The fourth-order valence-electron chi connectivity index (χ4n) is 2.13. The van der Waals surface area contributed by atoms with Crippen molar-refractivity contribution >= 4 is 21.6 Å². The van der Waals surface area contributed by atoms with Gasteiger partial charge in [0.15, 0.2) is 5.82 Å². The Morgan fingerprint density at radius 1 is 1.19 bits per heavy atom. The monoisotopic (exact) mass is 319 g/mol. The van der Waals surface area contributed by atoms with E-state index in [0.717, 1.165) is 16.4 Å². The zero-order chi connectivity index (χ0) is 15.8. The van der Waals surface area contributed by atoms with Crippen LogP contribution in [0, 0.1) is 11.6 Å². The molecule has 1 aliphatic heterocycles. The van der Waals surface area contributed by atoms with Gasteiger partial charge in [-0.2, -0.15) is 4.31 Å². The lowest BCUT2D eigenvalue weighted by Crippen LogP contribution is -2.50. The molecular formula is C12H15F2N3O3S. The summed E-state index contributed by atoms with van der Waals surface area (Å²) in [7, 11) is -4.11. The summed E-state index contributed by atoms with van der Waals surface area (Å²) in [6.07, 6.45) is 0. The van der Waals surface area contributed by atoms with Crippen LogP contribution in [0.4, 0.5) is 14.5 Å². The average molecular weight is 319 g/mol. The Morgan fingerprint density at radius 3 is 2.29 bits per heavy atom. The first kappa shape index (κ1) is 15.6. The van der Waals surface area contributed by atoms with Crippen LogP contribution in [0.3, 0.4) is 0 Å². The molecule has 21 heavy (non-hydrogen) atoms. The molecule has 0 aliphatic carbocycles. The molecule has 1 aromatic rings. The second-order valence-corrected chi connectivity index (χ2v) is 6.59. The van der Waals surface area contributed by atoms with E-state index < -0.39 is 32.2 Å². The van der Waals surface area contributed by atoms with E-state index in [1.54, 1.807) is 0 Å². The number of piperazine rings is 1. The number of nitrogen functional groups attached to an aromatic ring is 1. The molecular weight excluding hydrogens is 304 g/mol. The number of sulfonamides is 1. The van der Waals surface area contributed by atoms with Crippen LogP contribution in [0.2, 0.25) is 0 Å². The molecule has 0 aromatic heterocycles. The first-order valence-corrected chi connectivity index (χ1v) is 7.68. The Balaban J connectivity index is 2.28. The van der Waals surface area contributed by atoms with Crippen molar-refractivity contribution in [1.29, 1.82) is 0 Å². The van der Waals surface area contributed by atoms with Gasteiger partial charge in [-0.1, -0.05) is 0 Å². The highest BCUT2D eigenvalue weighted by Gasteiger charge is 2.32. The van der Waals surface area contributed by atoms with Gasteiger partial charge in [-0.15, -0.1) is 0 Å². The number of carbonyl (C=O) groups excluding carboxylic acids is 1. The quantitative estimate of drug-likeness (QED) is 0.800. The summed E-state index contributed by atoms with van der Waals surface area (Å²) in [5.41, 5.74) is 4.36. The topological polar surface area (TPSA) is 83.7 Å². The number of halogens is 2. The minimum atomic E-state index is -4.11. The van der Waals surface area contributed by atoms with Crippen LogP contribution in [0.1, 0.15) is 6.92 Å². The molecule has 9 heteroatoms. The van der Waals surface area contributed by atoms with E-state index in [1.165, 1.54) is 11.8 Å². The molecule has 1 amide bonds. The molecule has 6 nitrogen and oxygen atoms in total. The normalized spacial score (nSPS) is 17.0. The Hall–Kier alpha value is -1.74. The molecule has 116 valence electrons. The van der Waals surface area contributed by atoms with E-state index in [9.17, 15) is 22.0 Å². The van der Waals surface area contributed by atoms with Gasteiger partial charge in [0.2, 0.25) is 15.9 Å². The molecule has 2 N–H and O–H groups in total. The number of amides is 1. The number of rotatable bonds is 2. The van der Waals surface area contributed by atoms with Crippen molar-refractivity contribution < 1.29 is 22.0 Å². The predicted octanol–water partition coefficient (Wildman–Crippen LogP) is 0.400. The summed E-state index contributed by atoms with van der Waals surface area (Å²) >= 11 is 0. The zero-order valence-electron chi connectivity index (χ0n) is 11.3. The highest BCUT2D eigenvalue weighted by molar-refractivity contribution is 7.89. The van der Waals surface area contributed by atoms with Crippen LogP contribution in [0.5, 0.6) is 0 Å². The van der Waals surface area contributed by atoms with Crippen molar-refractivity contribution in [2.24, 2.45) is 0 Å². The summed E-state index contributed by atoms with van der Waals surface area (Å²) < 4.78 is 52.8. The van der Waals surface area contributed by atoms with Crippen LogP contribution in [-0.4, -0.2) is 49.7 Å². The summed E-state index contributed by atoms with van der Waals surface area (Å²) in [6.45, 7) is 1.96. The number of nitrogens with two attached hydrogens (primary N) is 1. The molecule has 0 radical (unpaired) electrons. The van der Waals surface area contributed by atoms with Crippen LogP contribution in [0.15, 0.2) is 17.0 Å². The van der Waals surface area contributed by atoms with Gasteiger partial charge in [-0.05, 0) is 12.1 Å². The molecule has 1 saturated heterocycles. The van der Waals surface area contributed by atoms with Gasteiger partial charge in [-0.3, -0.25) is 4.79 Å². The number of hydrogen-bond donors (Lipinski definition) is 1. The number of benzene rings is 1. The molecule has 0 saturated carbocycles. The fourth-order valence-corrected chi connectivity index (χ4v) is 3.63. The second-order valence-electron chi connectivity index (χ2n) is 4.68. The summed E-state index contributed by atoms with van der Waals surface area (Å²) in [5, 5.41) is 0. The number of carbonyl (C=O) groups is 1. The van der Waals surface area contributed by atoms with E-state index in [-0.39, 0.29) is 32.1 Å². The third-order valence-electron chi connectivity index (χ3n) is 3.39. The van der Waals surface area contributed by atoms with Gasteiger partial charge in [0.25, 0.3) is 0 Å². The zero-order valence-corrected chi connectivity index (χ0v) is 12.2. The van der Waals surface area contributed by atoms with Crippen molar-refractivity contribution in [3.05, 3.63) is 23.8 Å². The van der Waals surface area contributed by atoms with E-state index in [0.29, 0.717) is 0 Å². The molecule has 0 spiro atoms. The van der Waals surface area contributed by atoms with Crippen molar-refractivity contribution in [2.45, 2.75) is 11.8 Å². The van der Waals surface area contributed by atoms with Gasteiger partial charge in [0.05, 0.1) is 0 Å². The minimum absolute atomic E-state index is 0.0542. The molecule has 1 aromatic carbocycles. The lowest BCUT2D eigenvalue weighted by atomic mass is 10.3. The molecule has 0 unspecified atom stereocenters. The van der Waals surface area contributed by atoms with Crippen LogP contribution >= 0.6 is 0 Å². The molecule has 1 fully saturated rings. The van der Waals surface area contributed by atoms with E-state index >= 15 is 0 Å². The van der Waals surface area contributed by atoms with Gasteiger partial charge < -0.3 is 10.6 Å². The first-order valence-electron chi connectivity index (χ1n) is 6.24. The average Bonchev–Trinajstić information content (AvgIpc) is 2.44. The first-order chi connectivity index (χ1) is 9.75. The van der Waals surface area contributed by atoms with Gasteiger partial charge in [0, 0.05) is 33.1 Å². The maximum Gasteiger partial charge on any atom is 0.246 e. The van der Waals surface area contributed by atoms with Crippen molar-refractivity contribution in [2.75, 3.05) is 31.9 Å². The van der Waals surface area contributed by atoms with E-state index in [1.807, 2.05) is 0 Å². The Labute approximate surface area is 121 Å². The Kier molecular flexibility index (Phi) is 4.15. The number of anilines is 1. The lowest BCUT2D eigenvalue weighted by Gasteiger charge is -2.33. The lowest BCUT2D eigenvalue weighted by molar-refractivity contribution is -0.129. The standard InChI is InChI=1S/C12H15F2N3O3S/c1-8(18)16-4-6-17(7-5-16)21(19,20)10-3-2-9(13)12(15)11(10)14/h2-3H,4-7,15H2,1H3. The Bertz CT molecular complexity index is 671. The van der Waals surface area contributed by atoms with Gasteiger partial charge in [0.1, 0.15) is 16.4 Å².